The minimum absolute atomic E-state index is 0.0179. The number of rotatable bonds is 3. The summed E-state index contributed by atoms with van der Waals surface area (Å²) in [6, 6.07) is 8.56. The molecule has 1 fully saturated rings. The van der Waals surface area contributed by atoms with Gasteiger partial charge in [-0.3, -0.25) is 0 Å². The summed E-state index contributed by atoms with van der Waals surface area (Å²) in [5.41, 5.74) is 3.76. The summed E-state index contributed by atoms with van der Waals surface area (Å²) in [5, 5.41) is 19.6. The lowest BCUT2D eigenvalue weighted by atomic mass is 9.93. The first-order valence-corrected chi connectivity index (χ1v) is 7.43. The second kappa shape index (κ2) is 4.75. The quantitative estimate of drug-likeness (QED) is 0.810. The van der Waals surface area contributed by atoms with Gasteiger partial charge in [-0.25, -0.2) is 9.38 Å². The molecule has 1 aliphatic heterocycles. The van der Waals surface area contributed by atoms with Crippen LogP contribution in [0.1, 0.15) is 11.5 Å². The van der Waals surface area contributed by atoms with Gasteiger partial charge >= 0.3 is 0 Å². The van der Waals surface area contributed by atoms with E-state index in [0.717, 1.165) is 0 Å². The third kappa shape index (κ3) is 1.49. The molecule has 0 saturated heterocycles. The molecule has 1 aromatic carbocycles. The molecule has 1 saturated carbocycles. The van der Waals surface area contributed by atoms with Crippen LogP contribution in [-0.4, -0.2) is 26.0 Å². The van der Waals surface area contributed by atoms with Crippen molar-refractivity contribution in [2.45, 2.75) is 11.8 Å². The van der Waals surface area contributed by atoms with Gasteiger partial charge in [-0.15, -0.1) is 0 Å². The second-order valence-corrected chi connectivity index (χ2v) is 6.29. The molecule has 6 nitrogen and oxygen atoms in total. The summed E-state index contributed by atoms with van der Waals surface area (Å²) in [7, 11) is 2.67. The molecular weight excluding hydrogens is 367 g/mol. The Bertz CT molecular complexity index is 811. The zero-order valence-corrected chi connectivity index (χ0v) is 13.9. The topological polar surface area (TPSA) is 104 Å². The second-order valence-electron chi connectivity index (χ2n) is 5.43. The lowest BCUT2D eigenvalue weighted by Gasteiger charge is -2.29. The zero-order valence-electron chi connectivity index (χ0n) is 12.3. The first-order valence-electron chi connectivity index (χ1n) is 6.64. The van der Waals surface area contributed by atoms with E-state index in [1.807, 2.05) is 0 Å². The Morgan fingerprint density at radius 3 is 2.43 bits per heavy atom. The van der Waals surface area contributed by atoms with Crippen molar-refractivity contribution in [1.82, 2.24) is 0 Å². The van der Waals surface area contributed by atoms with Crippen LogP contribution in [0.5, 0.6) is 0 Å². The highest BCUT2D eigenvalue weighted by atomic mass is 79.9. The molecule has 118 valence electrons. The standard InChI is InChI=1S/C15H12BrFN4O2/c1-22-15(23-2)14(7-19)11(13(14,6-18)12(20)21-15)8-3-4-10(17)9(16)5-8/h3-5,11H,1-2H3,(H2,20,21)/t11-,13-,14-/m1/s1. The van der Waals surface area contributed by atoms with Gasteiger partial charge in [0.15, 0.2) is 5.41 Å². The number of amidine groups is 1. The molecule has 2 aliphatic rings. The minimum atomic E-state index is -1.67. The predicted molar refractivity (Wildman–Crippen MR) is 81.3 cm³/mol. The number of nitriles is 2. The van der Waals surface area contributed by atoms with Crippen molar-refractivity contribution in [3.8, 4) is 12.1 Å². The molecule has 1 aromatic rings. The highest BCUT2D eigenvalue weighted by Crippen LogP contribution is 2.81. The van der Waals surface area contributed by atoms with Crippen molar-refractivity contribution in [2.75, 3.05) is 14.2 Å². The zero-order chi connectivity index (χ0) is 17.0. The lowest BCUT2D eigenvalue weighted by Crippen LogP contribution is -2.41. The molecule has 0 unspecified atom stereocenters. The van der Waals surface area contributed by atoms with Crippen LogP contribution < -0.4 is 5.73 Å². The lowest BCUT2D eigenvalue weighted by molar-refractivity contribution is -0.230. The molecule has 1 aliphatic carbocycles. The fraction of sp³-hybridized carbons (Fsp3) is 0.400. The van der Waals surface area contributed by atoms with E-state index in [0.29, 0.717) is 5.56 Å². The first kappa shape index (κ1) is 15.9. The van der Waals surface area contributed by atoms with Gasteiger partial charge in [0.25, 0.3) is 5.91 Å². The van der Waals surface area contributed by atoms with Crippen LogP contribution in [0.3, 0.4) is 0 Å². The Hall–Kier alpha value is -2.00. The van der Waals surface area contributed by atoms with Gasteiger partial charge in [0, 0.05) is 20.1 Å². The Morgan fingerprint density at radius 2 is 1.96 bits per heavy atom. The molecule has 23 heavy (non-hydrogen) atoms. The average Bonchev–Trinajstić information content (AvgIpc) is 3.13. The third-order valence-electron chi connectivity index (χ3n) is 4.76. The maximum absolute atomic E-state index is 13.5. The van der Waals surface area contributed by atoms with Crippen LogP contribution in [-0.2, 0) is 9.47 Å². The van der Waals surface area contributed by atoms with E-state index in [-0.39, 0.29) is 10.3 Å². The van der Waals surface area contributed by atoms with Crippen LogP contribution in [0.25, 0.3) is 0 Å². The molecular formula is C15H12BrFN4O2. The van der Waals surface area contributed by atoms with E-state index in [9.17, 15) is 14.9 Å². The maximum atomic E-state index is 13.5. The summed E-state index contributed by atoms with van der Waals surface area (Å²) in [6.45, 7) is 0. The van der Waals surface area contributed by atoms with E-state index in [1.54, 1.807) is 0 Å². The number of nitrogens with two attached hydrogens (primary N) is 1. The van der Waals surface area contributed by atoms with Crippen molar-refractivity contribution in [2.24, 2.45) is 21.6 Å². The molecule has 0 radical (unpaired) electrons. The highest BCUT2D eigenvalue weighted by molar-refractivity contribution is 9.10. The molecule has 1 heterocycles. The fourth-order valence-corrected chi connectivity index (χ4v) is 4.11. The SMILES string of the molecule is COC1(OC)N=C(N)[C@@]2(C#N)[C@@H](c3ccc(F)c(Br)c3)[C@@]12C#N. The van der Waals surface area contributed by atoms with Crippen LogP contribution >= 0.6 is 15.9 Å². The van der Waals surface area contributed by atoms with Crippen molar-refractivity contribution >= 4 is 21.8 Å². The molecule has 0 aromatic heterocycles. The third-order valence-corrected chi connectivity index (χ3v) is 5.37. The number of nitrogens with zero attached hydrogens (tertiary/aromatic N) is 3. The van der Waals surface area contributed by atoms with Crippen LogP contribution in [0.15, 0.2) is 27.7 Å². The Morgan fingerprint density at radius 1 is 1.30 bits per heavy atom. The summed E-state index contributed by atoms with van der Waals surface area (Å²) in [6.07, 6.45) is 0. The molecule has 2 N–H and O–H groups in total. The molecule has 0 amide bonds. The van der Waals surface area contributed by atoms with Gasteiger partial charge in [-0.2, -0.15) is 10.5 Å². The first-order chi connectivity index (χ1) is 10.9. The van der Waals surface area contributed by atoms with Crippen molar-refractivity contribution in [3.05, 3.63) is 34.1 Å². The minimum Gasteiger partial charge on any atom is -0.386 e. The smallest absolute Gasteiger partial charge is 0.292 e. The highest BCUT2D eigenvalue weighted by Gasteiger charge is 2.93. The van der Waals surface area contributed by atoms with E-state index in [2.05, 4.69) is 33.1 Å². The van der Waals surface area contributed by atoms with Crippen LogP contribution in [0.2, 0.25) is 0 Å². The van der Waals surface area contributed by atoms with Crippen LogP contribution in [0.4, 0.5) is 4.39 Å². The predicted octanol–water partition coefficient (Wildman–Crippen LogP) is 2.02. The number of hydrogen-bond donors (Lipinski definition) is 1. The van der Waals surface area contributed by atoms with Gasteiger partial charge < -0.3 is 15.2 Å². The average molecular weight is 379 g/mol. The molecule has 0 spiro atoms. The number of fused-ring (bicyclic) bond motifs is 1. The van der Waals surface area contributed by atoms with E-state index in [4.69, 9.17) is 15.2 Å². The van der Waals surface area contributed by atoms with Gasteiger partial charge in [-0.05, 0) is 33.6 Å². The Kier molecular flexibility index (Phi) is 3.28. The number of ether oxygens (including phenoxy) is 2. The van der Waals surface area contributed by atoms with E-state index >= 15 is 0 Å². The van der Waals surface area contributed by atoms with E-state index in [1.165, 1.54) is 32.4 Å². The van der Waals surface area contributed by atoms with Gasteiger partial charge in [0.1, 0.15) is 17.1 Å². The Balaban J connectivity index is 2.25. The molecule has 3 atom stereocenters. The summed E-state index contributed by atoms with van der Waals surface area (Å²) >= 11 is 3.11. The molecule has 8 heteroatoms. The fourth-order valence-electron chi connectivity index (χ4n) is 3.71. The monoisotopic (exact) mass is 378 g/mol. The van der Waals surface area contributed by atoms with Gasteiger partial charge in [0.2, 0.25) is 0 Å². The van der Waals surface area contributed by atoms with Crippen molar-refractivity contribution in [3.63, 3.8) is 0 Å². The van der Waals surface area contributed by atoms with Crippen LogP contribution in [0, 0.1) is 39.3 Å². The summed E-state index contributed by atoms with van der Waals surface area (Å²) in [4.78, 5) is 4.11. The molecule has 3 rings (SSSR count). The maximum Gasteiger partial charge on any atom is 0.292 e. The largest absolute Gasteiger partial charge is 0.386 e. The number of hydrogen-bond acceptors (Lipinski definition) is 6. The summed E-state index contributed by atoms with van der Waals surface area (Å²) in [5.74, 6) is -2.77. The Labute approximate surface area is 140 Å². The van der Waals surface area contributed by atoms with Gasteiger partial charge in [0.05, 0.1) is 16.6 Å². The van der Waals surface area contributed by atoms with Crippen molar-refractivity contribution < 1.29 is 13.9 Å². The number of halogens is 2. The normalized spacial score (nSPS) is 33.3. The number of aliphatic imine (C=N–C) groups is 1. The van der Waals surface area contributed by atoms with Gasteiger partial charge in [-0.1, -0.05) is 6.07 Å². The summed E-state index contributed by atoms with van der Waals surface area (Å²) < 4.78 is 24.4. The van der Waals surface area contributed by atoms with E-state index < -0.39 is 28.5 Å². The molecule has 0 bridgehead atoms. The number of benzene rings is 1. The van der Waals surface area contributed by atoms with Crippen molar-refractivity contribution in [1.29, 1.82) is 10.5 Å². The number of methoxy groups -OCH3 is 2.